The molecular weight excluding hydrogens is 458 g/mol. The van der Waals surface area contributed by atoms with Gasteiger partial charge in [-0.2, -0.15) is 5.10 Å². The number of carbonyl (C=O) groups excluding carboxylic acids is 1. The standard InChI is InChI=1S/C24H20ClN5O2S/c1-32-21-12-10-18(11-13-21)23-28-29-24(30(23)20-8-3-2-4-9-20)33-16-22(31)27-26-15-17-6-5-7-19(25)14-17/h2-15H,16H2,1H3,(H,27,31). The van der Waals surface area contributed by atoms with Gasteiger partial charge in [0.25, 0.3) is 5.91 Å². The number of para-hydroxylation sites is 1. The molecule has 0 saturated carbocycles. The van der Waals surface area contributed by atoms with Crippen molar-refractivity contribution in [3.05, 3.63) is 89.4 Å². The molecule has 0 bridgehead atoms. The number of aromatic nitrogens is 3. The Morgan fingerprint density at radius 2 is 1.88 bits per heavy atom. The van der Waals surface area contributed by atoms with Gasteiger partial charge in [0.05, 0.1) is 19.1 Å². The van der Waals surface area contributed by atoms with Gasteiger partial charge < -0.3 is 4.74 Å². The molecule has 1 heterocycles. The van der Waals surface area contributed by atoms with Gasteiger partial charge in [-0.25, -0.2) is 5.43 Å². The fourth-order valence-corrected chi connectivity index (χ4v) is 3.97. The number of amides is 1. The first-order chi connectivity index (χ1) is 16.1. The molecule has 3 aromatic carbocycles. The van der Waals surface area contributed by atoms with Crippen molar-refractivity contribution in [1.82, 2.24) is 20.2 Å². The topological polar surface area (TPSA) is 81.4 Å². The molecule has 0 atom stereocenters. The maximum Gasteiger partial charge on any atom is 0.250 e. The monoisotopic (exact) mass is 477 g/mol. The van der Waals surface area contributed by atoms with Gasteiger partial charge >= 0.3 is 0 Å². The van der Waals surface area contributed by atoms with Crippen LogP contribution in [0.1, 0.15) is 5.56 Å². The summed E-state index contributed by atoms with van der Waals surface area (Å²) < 4.78 is 7.17. The number of methoxy groups -OCH3 is 1. The van der Waals surface area contributed by atoms with Crippen LogP contribution < -0.4 is 10.2 Å². The molecule has 0 fully saturated rings. The van der Waals surface area contributed by atoms with Crippen molar-refractivity contribution in [3.8, 4) is 22.8 Å². The zero-order valence-corrected chi connectivity index (χ0v) is 19.3. The first-order valence-electron chi connectivity index (χ1n) is 9.99. The number of hydrazone groups is 1. The van der Waals surface area contributed by atoms with Crippen LogP contribution in [0, 0.1) is 0 Å². The van der Waals surface area contributed by atoms with E-state index in [1.165, 1.54) is 11.8 Å². The second-order valence-corrected chi connectivity index (χ2v) is 8.22. The number of halogens is 1. The highest BCUT2D eigenvalue weighted by Crippen LogP contribution is 2.28. The van der Waals surface area contributed by atoms with Crippen LogP contribution in [0.3, 0.4) is 0 Å². The molecule has 0 spiro atoms. The zero-order valence-electron chi connectivity index (χ0n) is 17.7. The van der Waals surface area contributed by atoms with E-state index in [-0.39, 0.29) is 11.7 Å². The van der Waals surface area contributed by atoms with Gasteiger partial charge in [-0.05, 0) is 54.1 Å². The van der Waals surface area contributed by atoms with E-state index < -0.39 is 0 Å². The number of rotatable bonds is 8. The molecule has 1 N–H and O–H groups in total. The molecule has 0 unspecified atom stereocenters. The summed E-state index contributed by atoms with van der Waals surface area (Å²) in [6, 6.07) is 24.6. The van der Waals surface area contributed by atoms with E-state index in [2.05, 4.69) is 20.7 Å². The Labute approximate surface area is 200 Å². The molecule has 7 nitrogen and oxygen atoms in total. The maximum atomic E-state index is 12.3. The second kappa shape index (κ2) is 10.8. The lowest BCUT2D eigenvalue weighted by Crippen LogP contribution is -2.20. The summed E-state index contributed by atoms with van der Waals surface area (Å²) in [6.45, 7) is 0. The van der Waals surface area contributed by atoms with E-state index in [1.807, 2.05) is 71.3 Å². The van der Waals surface area contributed by atoms with Crippen molar-refractivity contribution in [2.45, 2.75) is 5.16 Å². The minimum absolute atomic E-state index is 0.125. The summed E-state index contributed by atoms with van der Waals surface area (Å²) in [7, 11) is 1.63. The summed E-state index contributed by atoms with van der Waals surface area (Å²) in [5.41, 5.74) is 5.10. The first-order valence-corrected chi connectivity index (χ1v) is 11.4. The molecule has 33 heavy (non-hydrogen) atoms. The highest BCUT2D eigenvalue weighted by atomic mass is 35.5. The number of hydrogen-bond acceptors (Lipinski definition) is 6. The summed E-state index contributed by atoms with van der Waals surface area (Å²) in [5.74, 6) is 1.30. The molecule has 0 aliphatic heterocycles. The minimum atomic E-state index is -0.258. The minimum Gasteiger partial charge on any atom is -0.497 e. The van der Waals surface area contributed by atoms with Crippen molar-refractivity contribution in [2.75, 3.05) is 12.9 Å². The molecule has 0 aliphatic carbocycles. The van der Waals surface area contributed by atoms with Crippen LogP contribution in [0.2, 0.25) is 5.02 Å². The van der Waals surface area contributed by atoms with Gasteiger partial charge in [-0.1, -0.05) is 53.7 Å². The molecule has 1 aromatic heterocycles. The van der Waals surface area contributed by atoms with Gasteiger partial charge in [0, 0.05) is 16.3 Å². The lowest BCUT2D eigenvalue weighted by atomic mass is 10.2. The summed E-state index contributed by atoms with van der Waals surface area (Å²) in [6.07, 6.45) is 1.54. The van der Waals surface area contributed by atoms with Crippen LogP contribution in [-0.2, 0) is 4.79 Å². The van der Waals surface area contributed by atoms with E-state index in [0.717, 1.165) is 22.6 Å². The van der Waals surface area contributed by atoms with E-state index in [0.29, 0.717) is 16.0 Å². The van der Waals surface area contributed by atoms with Crippen LogP contribution >= 0.6 is 23.4 Å². The number of ether oxygens (including phenoxy) is 1. The van der Waals surface area contributed by atoms with Gasteiger partial charge in [0.1, 0.15) is 5.75 Å². The summed E-state index contributed by atoms with van der Waals surface area (Å²) in [5, 5.41) is 13.9. The Balaban J connectivity index is 1.50. The van der Waals surface area contributed by atoms with Crippen molar-refractivity contribution in [2.24, 2.45) is 5.10 Å². The normalized spacial score (nSPS) is 11.0. The van der Waals surface area contributed by atoms with Gasteiger partial charge in [0.15, 0.2) is 11.0 Å². The molecule has 4 aromatic rings. The fourth-order valence-electron chi connectivity index (χ4n) is 3.03. The molecule has 4 rings (SSSR count). The number of nitrogens with zero attached hydrogens (tertiary/aromatic N) is 4. The summed E-state index contributed by atoms with van der Waals surface area (Å²) >= 11 is 7.24. The number of nitrogens with one attached hydrogen (secondary N) is 1. The third kappa shape index (κ3) is 5.79. The molecule has 9 heteroatoms. The lowest BCUT2D eigenvalue weighted by Gasteiger charge is -2.10. The Morgan fingerprint density at radius 1 is 1.09 bits per heavy atom. The van der Waals surface area contributed by atoms with Gasteiger partial charge in [-0.15, -0.1) is 10.2 Å². The quantitative estimate of drug-likeness (QED) is 0.223. The predicted octanol–water partition coefficient (Wildman–Crippen LogP) is 4.84. The van der Waals surface area contributed by atoms with Gasteiger partial charge in [-0.3, -0.25) is 9.36 Å². The van der Waals surface area contributed by atoms with Crippen LogP contribution in [0.4, 0.5) is 0 Å². The van der Waals surface area contributed by atoms with Crippen LogP contribution in [0.25, 0.3) is 17.1 Å². The lowest BCUT2D eigenvalue weighted by molar-refractivity contribution is -0.118. The largest absolute Gasteiger partial charge is 0.497 e. The molecule has 0 radical (unpaired) electrons. The van der Waals surface area contributed by atoms with Crippen molar-refractivity contribution in [1.29, 1.82) is 0 Å². The molecule has 0 saturated heterocycles. The third-order valence-corrected chi connectivity index (χ3v) is 5.74. The number of thioether (sulfide) groups is 1. The number of hydrogen-bond donors (Lipinski definition) is 1. The van der Waals surface area contributed by atoms with Crippen molar-refractivity contribution < 1.29 is 9.53 Å². The number of carbonyl (C=O) groups is 1. The fraction of sp³-hybridized carbons (Fsp3) is 0.0833. The van der Waals surface area contributed by atoms with Gasteiger partial charge in [0.2, 0.25) is 0 Å². The summed E-state index contributed by atoms with van der Waals surface area (Å²) in [4.78, 5) is 12.3. The predicted molar refractivity (Wildman–Crippen MR) is 131 cm³/mol. The van der Waals surface area contributed by atoms with Crippen molar-refractivity contribution >= 4 is 35.5 Å². The van der Waals surface area contributed by atoms with Crippen LogP contribution in [-0.4, -0.2) is 39.7 Å². The van der Waals surface area contributed by atoms with E-state index in [9.17, 15) is 4.79 Å². The average molecular weight is 478 g/mol. The smallest absolute Gasteiger partial charge is 0.250 e. The van der Waals surface area contributed by atoms with E-state index in [1.54, 1.807) is 25.5 Å². The van der Waals surface area contributed by atoms with Crippen LogP contribution in [0.5, 0.6) is 5.75 Å². The average Bonchev–Trinajstić information content (AvgIpc) is 3.27. The second-order valence-electron chi connectivity index (χ2n) is 6.84. The Bertz CT molecular complexity index is 1260. The molecule has 166 valence electrons. The molecule has 0 aliphatic rings. The first kappa shape index (κ1) is 22.6. The van der Waals surface area contributed by atoms with E-state index >= 15 is 0 Å². The molecule has 1 amide bonds. The Morgan fingerprint density at radius 3 is 2.61 bits per heavy atom. The Hall–Kier alpha value is -3.62. The zero-order chi connectivity index (χ0) is 23.0. The van der Waals surface area contributed by atoms with E-state index in [4.69, 9.17) is 16.3 Å². The third-order valence-electron chi connectivity index (χ3n) is 4.58. The number of benzene rings is 3. The highest BCUT2D eigenvalue weighted by Gasteiger charge is 2.17. The Kier molecular flexibility index (Phi) is 7.39. The highest BCUT2D eigenvalue weighted by molar-refractivity contribution is 7.99. The maximum absolute atomic E-state index is 12.3. The molecular formula is C24H20ClN5O2S. The SMILES string of the molecule is COc1ccc(-c2nnc(SCC(=O)NN=Cc3cccc(Cl)c3)n2-c2ccccc2)cc1. The van der Waals surface area contributed by atoms with Crippen molar-refractivity contribution in [3.63, 3.8) is 0 Å². The van der Waals surface area contributed by atoms with Crippen LogP contribution in [0.15, 0.2) is 89.1 Å².